The molecule has 0 unspecified atom stereocenters. The number of benzene rings is 1. The lowest BCUT2D eigenvalue weighted by molar-refractivity contribution is 0.233. The molecule has 4 heterocycles. The van der Waals surface area contributed by atoms with Crippen LogP contribution in [0, 0.1) is 0 Å². The standard InChI is InChI=1S/C21H23N7O/c1-2-28-20-16(14-27-10-8-22-9-11-27)12-23-18(15-6-4-3-5-7-15)19(20)25-21(28)17-13-24-29-26-17/h3-7,12-13,22H,2,8-11,14H2,1H3. The zero-order valence-electron chi connectivity index (χ0n) is 16.4. The van der Waals surface area contributed by atoms with Crippen LogP contribution in [-0.4, -0.2) is 55.9 Å². The minimum Gasteiger partial charge on any atom is -0.322 e. The predicted molar refractivity (Wildman–Crippen MR) is 110 cm³/mol. The van der Waals surface area contributed by atoms with Crippen LogP contribution in [0.3, 0.4) is 0 Å². The van der Waals surface area contributed by atoms with Crippen molar-refractivity contribution in [2.24, 2.45) is 0 Å². The van der Waals surface area contributed by atoms with E-state index in [1.165, 1.54) is 5.56 Å². The average Bonchev–Trinajstić information content (AvgIpc) is 3.43. The molecule has 8 nitrogen and oxygen atoms in total. The lowest BCUT2D eigenvalue weighted by atomic mass is 10.1. The van der Waals surface area contributed by atoms with Crippen LogP contribution in [-0.2, 0) is 13.1 Å². The van der Waals surface area contributed by atoms with Gasteiger partial charge in [0.1, 0.15) is 11.7 Å². The molecule has 29 heavy (non-hydrogen) atoms. The van der Waals surface area contributed by atoms with Gasteiger partial charge >= 0.3 is 0 Å². The molecule has 1 fully saturated rings. The van der Waals surface area contributed by atoms with Gasteiger partial charge in [0.25, 0.3) is 0 Å². The Labute approximate surface area is 168 Å². The van der Waals surface area contributed by atoms with E-state index < -0.39 is 0 Å². The molecular weight excluding hydrogens is 366 g/mol. The Kier molecular flexibility index (Phi) is 4.79. The van der Waals surface area contributed by atoms with Crippen molar-refractivity contribution in [1.82, 2.24) is 35.1 Å². The van der Waals surface area contributed by atoms with E-state index in [-0.39, 0.29) is 0 Å². The molecule has 0 bridgehead atoms. The number of imidazole rings is 1. The maximum absolute atomic E-state index is 4.96. The van der Waals surface area contributed by atoms with Crippen LogP contribution >= 0.6 is 0 Å². The Morgan fingerprint density at radius 2 is 1.93 bits per heavy atom. The fourth-order valence-corrected chi connectivity index (χ4v) is 4.01. The van der Waals surface area contributed by atoms with Gasteiger partial charge in [-0.2, -0.15) is 0 Å². The highest BCUT2D eigenvalue weighted by molar-refractivity contribution is 5.93. The van der Waals surface area contributed by atoms with E-state index in [0.717, 1.165) is 67.4 Å². The summed E-state index contributed by atoms with van der Waals surface area (Å²) in [6.45, 7) is 7.83. The lowest BCUT2D eigenvalue weighted by Gasteiger charge is -2.27. The third-order valence-electron chi connectivity index (χ3n) is 5.40. The number of hydrogen-bond acceptors (Lipinski definition) is 7. The summed E-state index contributed by atoms with van der Waals surface area (Å²) in [4.78, 5) is 12.3. The van der Waals surface area contributed by atoms with Crippen LogP contribution in [0.1, 0.15) is 12.5 Å². The molecule has 1 saturated heterocycles. The topological polar surface area (TPSA) is 84.9 Å². The highest BCUT2D eigenvalue weighted by Crippen LogP contribution is 2.32. The molecule has 1 aliphatic rings. The minimum absolute atomic E-state index is 0.634. The number of aryl methyl sites for hydroxylation is 1. The second-order valence-corrected chi connectivity index (χ2v) is 7.19. The molecule has 5 rings (SSSR count). The molecule has 0 aliphatic carbocycles. The zero-order chi connectivity index (χ0) is 19.6. The first-order valence-electron chi connectivity index (χ1n) is 9.99. The van der Waals surface area contributed by atoms with Crippen LogP contribution in [0.5, 0.6) is 0 Å². The van der Waals surface area contributed by atoms with Crippen LogP contribution < -0.4 is 5.32 Å². The summed E-state index contributed by atoms with van der Waals surface area (Å²) >= 11 is 0. The number of rotatable bonds is 5. The third kappa shape index (κ3) is 3.30. The van der Waals surface area contributed by atoms with E-state index in [4.69, 9.17) is 14.6 Å². The van der Waals surface area contributed by atoms with Gasteiger partial charge in [0.15, 0.2) is 11.5 Å². The van der Waals surface area contributed by atoms with Crippen molar-refractivity contribution in [3.63, 3.8) is 0 Å². The summed E-state index contributed by atoms with van der Waals surface area (Å²) in [5, 5.41) is 11.2. The monoisotopic (exact) mass is 389 g/mol. The second kappa shape index (κ2) is 7.73. The van der Waals surface area contributed by atoms with Gasteiger partial charge in [-0.25, -0.2) is 9.61 Å². The maximum atomic E-state index is 4.96. The second-order valence-electron chi connectivity index (χ2n) is 7.19. The molecule has 3 aromatic heterocycles. The van der Waals surface area contributed by atoms with Gasteiger partial charge in [0, 0.05) is 56.6 Å². The first kappa shape index (κ1) is 18.0. The van der Waals surface area contributed by atoms with Gasteiger partial charge < -0.3 is 9.88 Å². The summed E-state index contributed by atoms with van der Waals surface area (Å²) in [7, 11) is 0. The quantitative estimate of drug-likeness (QED) is 0.561. The number of nitrogens with one attached hydrogen (secondary N) is 1. The van der Waals surface area contributed by atoms with Gasteiger partial charge in [-0.3, -0.25) is 9.88 Å². The van der Waals surface area contributed by atoms with Gasteiger partial charge in [-0.1, -0.05) is 35.5 Å². The summed E-state index contributed by atoms with van der Waals surface area (Å²) in [6, 6.07) is 10.2. The van der Waals surface area contributed by atoms with Gasteiger partial charge in [0.05, 0.1) is 11.2 Å². The van der Waals surface area contributed by atoms with E-state index in [1.807, 2.05) is 24.4 Å². The maximum Gasteiger partial charge on any atom is 0.170 e. The molecule has 0 spiro atoms. The number of pyridine rings is 1. The van der Waals surface area contributed by atoms with E-state index >= 15 is 0 Å². The van der Waals surface area contributed by atoms with E-state index in [2.05, 4.69) is 44.2 Å². The summed E-state index contributed by atoms with van der Waals surface area (Å²) < 4.78 is 7.04. The molecule has 1 aliphatic heterocycles. The van der Waals surface area contributed by atoms with Crippen molar-refractivity contribution in [2.75, 3.05) is 26.2 Å². The Morgan fingerprint density at radius 1 is 1.10 bits per heavy atom. The molecular formula is C21H23N7O. The normalized spacial score (nSPS) is 15.2. The summed E-state index contributed by atoms with van der Waals surface area (Å²) in [5.41, 5.74) is 5.75. The van der Waals surface area contributed by atoms with Crippen molar-refractivity contribution in [2.45, 2.75) is 20.0 Å². The van der Waals surface area contributed by atoms with Crippen molar-refractivity contribution in [1.29, 1.82) is 0 Å². The Balaban J connectivity index is 1.71. The predicted octanol–water partition coefficient (Wildman–Crippen LogP) is 2.57. The van der Waals surface area contributed by atoms with Crippen molar-refractivity contribution >= 4 is 11.0 Å². The first-order chi connectivity index (χ1) is 14.3. The van der Waals surface area contributed by atoms with Crippen LogP contribution in [0.2, 0.25) is 0 Å². The first-order valence-corrected chi connectivity index (χ1v) is 9.99. The Morgan fingerprint density at radius 3 is 2.66 bits per heavy atom. The van der Waals surface area contributed by atoms with Crippen LogP contribution in [0.15, 0.2) is 47.4 Å². The fourth-order valence-electron chi connectivity index (χ4n) is 4.01. The van der Waals surface area contributed by atoms with Gasteiger partial charge in [0.2, 0.25) is 0 Å². The SMILES string of the molecule is CCn1c(-c2cnon2)nc2c(-c3ccccc3)ncc(CN3CCNCC3)c21. The molecule has 0 saturated carbocycles. The minimum atomic E-state index is 0.634. The zero-order valence-corrected chi connectivity index (χ0v) is 16.4. The van der Waals surface area contributed by atoms with E-state index in [0.29, 0.717) is 5.69 Å². The van der Waals surface area contributed by atoms with Crippen molar-refractivity contribution in [3.05, 3.63) is 48.3 Å². The van der Waals surface area contributed by atoms with Gasteiger partial charge in [-0.05, 0) is 12.1 Å². The van der Waals surface area contributed by atoms with E-state index in [9.17, 15) is 0 Å². The lowest BCUT2D eigenvalue weighted by Crippen LogP contribution is -2.42. The molecule has 8 heteroatoms. The molecule has 0 amide bonds. The third-order valence-corrected chi connectivity index (χ3v) is 5.40. The Bertz CT molecular complexity index is 1100. The van der Waals surface area contributed by atoms with Crippen LogP contribution in [0.4, 0.5) is 0 Å². The highest BCUT2D eigenvalue weighted by atomic mass is 16.6. The van der Waals surface area contributed by atoms with Gasteiger partial charge in [-0.15, -0.1) is 0 Å². The molecule has 0 atom stereocenters. The van der Waals surface area contributed by atoms with Crippen molar-refractivity contribution < 1.29 is 4.63 Å². The van der Waals surface area contributed by atoms with Crippen molar-refractivity contribution in [3.8, 4) is 22.8 Å². The fraction of sp³-hybridized carbons (Fsp3) is 0.333. The molecule has 1 aromatic carbocycles. The smallest absolute Gasteiger partial charge is 0.170 e. The highest BCUT2D eigenvalue weighted by Gasteiger charge is 2.22. The number of nitrogens with zero attached hydrogens (tertiary/aromatic N) is 6. The molecule has 148 valence electrons. The summed E-state index contributed by atoms with van der Waals surface area (Å²) in [6.07, 6.45) is 3.62. The average molecular weight is 389 g/mol. The largest absolute Gasteiger partial charge is 0.322 e. The summed E-state index contributed by atoms with van der Waals surface area (Å²) in [5.74, 6) is 0.760. The number of aromatic nitrogens is 5. The molecule has 0 radical (unpaired) electrons. The number of hydrogen-bond donors (Lipinski definition) is 1. The molecule has 1 N–H and O–H groups in total. The van der Waals surface area contributed by atoms with Crippen LogP contribution in [0.25, 0.3) is 33.8 Å². The molecule has 4 aromatic rings. The number of piperazine rings is 1. The van der Waals surface area contributed by atoms with E-state index in [1.54, 1.807) is 6.20 Å². The number of fused-ring (bicyclic) bond motifs is 1. The Hall–Kier alpha value is -3.10.